The molecule has 9 nitrogen and oxygen atoms in total. The number of rotatable bonds is 8. The Labute approximate surface area is 239 Å². The van der Waals surface area contributed by atoms with Crippen LogP contribution in [-0.2, 0) is 40.4 Å². The molecule has 0 amide bonds. The first-order valence-electron chi connectivity index (χ1n) is 12.4. The fraction of sp³-hybridized carbons (Fsp3) is 0.138. The smallest absolute Gasteiger partial charge is 0.285 e. The summed E-state index contributed by atoms with van der Waals surface area (Å²) in [6.07, 6.45) is 0. The van der Waals surface area contributed by atoms with Crippen molar-refractivity contribution >= 4 is 36.0 Å². The number of fused-ring (bicyclic) bond motifs is 1. The van der Waals surface area contributed by atoms with Gasteiger partial charge in [-0.3, -0.25) is 0 Å². The number of hydrogen-bond acceptors (Lipinski definition) is 7. The number of ether oxygens (including phenoxy) is 1. The van der Waals surface area contributed by atoms with E-state index in [1.54, 1.807) is 48.5 Å². The number of hydrogen-bond donors (Lipinski definition) is 0. The second-order valence-electron chi connectivity index (χ2n) is 9.63. The van der Waals surface area contributed by atoms with Crippen molar-refractivity contribution in [1.29, 1.82) is 0 Å². The van der Waals surface area contributed by atoms with Gasteiger partial charge in [0.25, 0.3) is 30.1 Å². The van der Waals surface area contributed by atoms with Crippen LogP contribution in [0, 0.1) is 6.92 Å². The molecule has 1 unspecified atom stereocenters. The molecule has 1 aliphatic rings. The van der Waals surface area contributed by atoms with E-state index in [9.17, 15) is 25.3 Å². The van der Waals surface area contributed by atoms with Crippen LogP contribution in [0.15, 0.2) is 128 Å². The molecule has 0 N–H and O–H groups in total. The average molecular weight is 611 g/mol. The molecule has 212 valence electrons. The lowest BCUT2D eigenvalue weighted by Gasteiger charge is -2.31. The van der Waals surface area contributed by atoms with Crippen molar-refractivity contribution in [2.45, 2.75) is 34.1 Å². The van der Waals surface area contributed by atoms with Crippen LogP contribution in [0.2, 0.25) is 0 Å². The molecule has 41 heavy (non-hydrogen) atoms. The van der Waals surface area contributed by atoms with Crippen LogP contribution in [0.25, 0.3) is 0 Å². The minimum absolute atomic E-state index is 0.0507. The summed E-state index contributed by atoms with van der Waals surface area (Å²) in [7, 11) is -13.5. The zero-order valence-electron chi connectivity index (χ0n) is 22.1. The monoisotopic (exact) mass is 610 g/mol. The number of aryl methyl sites for hydroxylation is 1. The van der Waals surface area contributed by atoms with Crippen LogP contribution in [0.1, 0.15) is 23.6 Å². The summed E-state index contributed by atoms with van der Waals surface area (Å²) in [4.78, 5) is -0.513. The molecule has 0 bridgehead atoms. The Morgan fingerprint density at radius 1 is 0.659 bits per heavy atom. The lowest BCUT2D eigenvalue weighted by molar-refractivity contribution is 0.0801. The van der Waals surface area contributed by atoms with E-state index in [0.717, 1.165) is 5.56 Å². The molecule has 0 saturated carbocycles. The first kappa shape index (κ1) is 28.7. The van der Waals surface area contributed by atoms with Crippen molar-refractivity contribution in [1.82, 2.24) is 3.71 Å². The fourth-order valence-electron chi connectivity index (χ4n) is 4.48. The van der Waals surface area contributed by atoms with Crippen LogP contribution in [-0.4, -0.2) is 41.4 Å². The van der Waals surface area contributed by atoms with E-state index in [1.807, 2.05) is 6.92 Å². The topological polar surface area (TPSA) is 127 Å². The zero-order valence-corrected chi connectivity index (χ0v) is 24.5. The number of nitrogens with zero attached hydrogens (tertiary/aromatic N) is 2. The molecule has 0 aliphatic carbocycles. The molecule has 1 heterocycles. The van der Waals surface area contributed by atoms with E-state index in [-0.39, 0.29) is 20.6 Å². The Hall–Kier alpha value is -3.84. The van der Waals surface area contributed by atoms with E-state index in [1.165, 1.54) is 67.6 Å². The highest BCUT2D eigenvalue weighted by molar-refractivity contribution is 8.04. The second kappa shape index (κ2) is 10.5. The van der Waals surface area contributed by atoms with E-state index in [0.29, 0.717) is 14.8 Å². The van der Waals surface area contributed by atoms with Crippen LogP contribution < -0.4 is 0 Å². The van der Waals surface area contributed by atoms with Crippen molar-refractivity contribution in [2.24, 2.45) is 4.40 Å². The summed E-state index contributed by atoms with van der Waals surface area (Å²) in [5.41, 5.74) is -0.0673. The normalized spacial score (nSPS) is 18.3. The first-order valence-corrected chi connectivity index (χ1v) is 16.8. The largest absolute Gasteiger partial charge is 0.464 e. The van der Waals surface area contributed by atoms with Gasteiger partial charge < -0.3 is 4.74 Å². The van der Waals surface area contributed by atoms with Crippen molar-refractivity contribution in [3.8, 4) is 0 Å². The summed E-state index contributed by atoms with van der Waals surface area (Å²) in [5.74, 6) is -0.266. The highest BCUT2D eigenvalue weighted by Gasteiger charge is 2.48. The lowest BCUT2D eigenvalue weighted by atomic mass is 9.94. The maximum atomic E-state index is 13.9. The van der Waals surface area contributed by atoms with Gasteiger partial charge in [-0.1, -0.05) is 76.0 Å². The minimum Gasteiger partial charge on any atom is -0.464 e. The molecule has 5 rings (SSSR count). The maximum Gasteiger partial charge on any atom is 0.285 e. The summed E-state index contributed by atoms with van der Waals surface area (Å²) in [6.45, 7) is 2.63. The molecule has 12 heteroatoms. The van der Waals surface area contributed by atoms with Crippen LogP contribution >= 0.6 is 0 Å². The zero-order chi connectivity index (χ0) is 29.5. The molecule has 4 aromatic rings. The number of sulfonamides is 3. The molecule has 0 radical (unpaired) electrons. The van der Waals surface area contributed by atoms with E-state index >= 15 is 0 Å². The van der Waals surface area contributed by atoms with E-state index in [4.69, 9.17) is 4.74 Å². The third kappa shape index (κ3) is 5.43. The Kier molecular flexibility index (Phi) is 7.36. The van der Waals surface area contributed by atoms with Gasteiger partial charge >= 0.3 is 0 Å². The van der Waals surface area contributed by atoms with Crippen molar-refractivity contribution in [3.63, 3.8) is 0 Å². The highest BCUT2D eigenvalue weighted by Crippen LogP contribution is 2.40. The Morgan fingerprint density at radius 2 is 1.15 bits per heavy atom. The first-order chi connectivity index (χ1) is 19.3. The Bertz CT molecular complexity index is 1870. The van der Waals surface area contributed by atoms with Crippen molar-refractivity contribution in [2.75, 3.05) is 6.54 Å². The van der Waals surface area contributed by atoms with Crippen molar-refractivity contribution < 1.29 is 30.0 Å². The van der Waals surface area contributed by atoms with Crippen molar-refractivity contribution in [3.05, 3.63) is 126 Å². The van der Waals surface area contributed by atoms with Crippen LogP contribution in [0.3, 0.4) is 0 Å². The van der Waals surface area contributed by atoms with Gasteiger partial charge in [-0.15, -0.1) is 4.40 Å². The van der Waals surface area contributed by atoms with Gasteiger partial charge in [-0.2, -0.15) is 8.42 Å². The van der Waals surface area contributed by atoms with Gasteiger partial charge in [-0.05, 0) is 56.3 Å². The molecule has 0 fully saturated rings. The molecule has 4 aromatic carbocycles. The van der Waals surface area contributed by atoms with Gasteiger partial charge in [0.05, 0.1) is 21.2 Å². The predicted molar refractivity (Wildman–Crippen MR) is 154 cm³/mol. The third-order valence-corrected chi connectivity index (χ3v) is 12.1. The van der Waals surface area contributed by atoms with Gasteiger partial charge in [0, 0.05) is 11.1 Å². The van der Waals surface area contributed by atoms with E-state index < -0.39 is 42.2 Å². The predicted octanol–water partition coefficient (Wildman–Crippen LogP) is 4.46. The summed E-state index contributed by atoms with van der Waals surface area (Å²) < 4.78 is 92.3. The molecular weight excluding hydrogens is 585 g/mol. The maximum absolute atomic E-state index is 13.9. The SMILES string of the molecule is Cc1ccc(S(=O)(=O)/N=C2\OC(C)(CN(S(=O)(=O)c3ccccc3)S(=O)(=O)c3ccccc3)c3ccccc32)cc1. The Balaban J connectivity index is 1.63. The van der Waals surface area contributed by atoms with Crippen LogP contribution in [0.4, 0.5) is 0 Å². The summed E-state index contributed by atoms with van der Waals surface area (Å²) >= 11 is 0. The minimum atomic E-state index is -4.63. The quantitative estimate of drug-likeness (QED) is 0.288. The van der Waals surface area contributed by atoms with Gasteiger partial charge in [-0.25, -0.2) is 16.8 Å². The fourth-order valence-corrected chi connectivity index (χ4v) is 9.27. The van der Waals surface area contributed by atoms with Crippen LogP contribution in [0.5, 0.6) is 0 Å². The molecule has 1 atom stereocenters. The molecule has 0 spiro atoms. The molecule has 0 saturated heterocycles. The average Bonchev–Trinajstić information content (AvgIpc) is 3.23. The molecular formula is C29H26N2O7S3. The third-order valence-electron chi connectivity index (χ3n) is 6.62. The second-order valence-corrected chi connectivity index (χ2v) is 15.2. The van der Waals surface area contributed by atoms with Gasteiger partial charge in [0.2, 0.25) is 5.90 Å². The summed E-state index contributed by atoms with van der Waals surface area (Å²) in [5, 5.41) is 0. The Morgan fingerprint density at radius 3 is 1.68 bits per heavy atom. The molecule has 0 aromatic heterocycles. The summed E-state index contributed by atoms with van der Waals surface area (Å²) in [6, 6.07) is 27.1. The van der Waals surface area contributed by atoms with Gasteiger partial charge in [0.15, 0.2) is 0 Å². The highest BCUT2D eigenvalue weighted by atomic mass is 32.3. The number of benzene rings is 4. The van der Waals surface area contributed by atoms with Gasteiger partial charge in [0.1, 0.15) is 5.60 Å². The standard InChI is InChI=1S/C29H26N2O7S3/c1-22-17-19-23(20-18-22)39(32,33)30-28-26-15-9-10-16-27(26)29(2,38-28)21-31(40(34,35)24-11-5-3-6-12-24)41(36,37)25-13-7-4-8-14-25/h3-20H,21H2,1-2H3/b30-28-. The molecule has 1 aliphatic heterocycles. The lowest BCUT2D eigenvalue weighted by Crippen LogP contribution is -2.45. The van der Waals surface area contributed by atoms with E-state index in [2.05, 4.69) is 4.40 Å².